The smallest absolute Gasteiger partial charge is 0.230 e. The van der Waals surface area contributed by atoms with Crippen molar-refractivity contribution in [2.24, 2.45) is 11.7 Å². The summed E-state index contributed by atoms with van der Waals surface area (Å²) in [5.41, 5.74) is 6.20. The van der Waals surface area contributed by atoms with Gasteiger partial charge >= 0.3 is 0 Å². The van der Waals surface area contributed by atoms with Gasteiger partial charge in [-0.2, -0.15) is 0 Å². The maximum Gasteiger partial charge on any atom is 0.230 e. The zero-order valence-electron chi connectivity index (χ0n) is 11.1. The van der Waals surface area contributed by atoms with E-state index in [1.54, 1.807) is 17.0 Å². The largest absolute Gasteiger partial charge is 0.329 e. The Morgan fingerprint density at radius 3 is 2.68 bits per heavy atom. The van der Waals surface area contributed by atoms with Gasteiger partial charge in [-0.05, 0) is 31.0 Å². The van der Waals surface area contributed by atoms with Crippen LogP contribution in [0.4, 0.5) is 10.1 Å². The highest BCUT2D eigenvalue weighted by Gasteiger charge is 2.26. The van der Waals surface area contributed by atoms with Crippen LogP contribution in [0.15, 0.2) is 24.3 Å². The van der Waals surface area contributed by atoms with Crippen LogP contribution in [-0.2, 0) is 4.79 Å². The summed E-state index contributed by atoms with van der Waals surface area (Å²) < 4.78 is 13.3. The minimum absolute atomic E-state index is 0.0727. The molecule has 2 rings (SSSR count). The number of rotatable bonds is 4. The number of nitrogens with zero attached hydrogens (tertiary/aromatic N) is 1. The van der Waals surface area contributed by atoms with Gasteiger partial charge in [-0.3, -0.25) is 4.79 Å². The zero-order valence-corrected chi connectivity index (χ0v) is 11.1. The van der Waals surface area contributed by atoms with E-state index >= 15 is 0 Å². The molecule has 0 atom stereocenters. The molecule has 0 unspecified atom stereocenters. The van der Waals surface area contributed by atoms with Crippen molar-refractivity contribution in [2.75, 3.05) is 18.0 Å². The molecule has 0 saturated heterocycles. The lowest BCUT2D eigenvalue weighted by Gasteiger charge is -2.29. The third kappa shape index (κ3) is 3.53. The number of carbonyl (C=O) groups is 1. The van der Waals surface area contributed by atoms with Gasteiger partial charge in [-0.25, -0.2) is 4.39 Å². The fourth-order valence-corrected chi connectivity index (χ4v) is 2.71. The maximum absolute atomic E-state index is 13.3. The van der Waals surface area contributed by atoms with Gasteiger partial charge in [0, 0.05) is 24.7 Å². The number of benzene rings is 1. The molecular weight excluding hydrogens is 243 g/mol. The first-order valence-electron chi connectivity index (χ1n) is 6.99. The van der Waals surface area contributed by atoms with E-state index in [4.69, 9.17) is 5.73 Å². The van der Waals surface area contributed by atoms with E-state index in [1.165, 1.54) is 18.6 Å². The van der Waals surface area contributed by atoms with Gasteiger partial charge in [0.25, 0.3) is 0 Å². The third-order valence-corrected chi connectivity index (χ3v) is 3.69. The van der Waals surface area contributed by atoms with Gasteiger partial charge < -0.3 is 10.6 Å². The first kappa shape index (κ1) is 14.0. The highest BCUT2D eigenvalue weighted by atomic mass is 19.1. The van der Waals surface area contributed by atoms with Crippen LogP contribution in [0.3, 0.4) is 0 Å². The van der Waals surface area contributed by atoms with Crippen molar-refractivity contribution in [3.05, 3.63) is 30.1 Å². The Morgan fingerprint density at radius 2 is 2.05 bits per heavy atom. The van der Waals surface area contributed by atoms with Gasteiger partial charge in [0.2, 0.25) is 5.91 Å². The van der Waals surface area contributed by atoms with Gasteiger partial charge in [0.15, 0.2) is 0 Å². The lowest BCUT2D eigenvalue weighted by atomic mass is 9.88. The topological polar surface area (TPSA) is 46.3 Å². The van der Waals surface area contributed by atoms with Crippen molar-refractivity contribution < 1.29 is 9.18 Å². The number of halogens is 1. The summed E-state index contributed by atoms with van der Waals surface area (Å²) in [5.74, 6) is -0.157. The van der Waals surface area contributed by atoms with E-state index < -0.39 is 0 Å². The minimum atomic E-state index is -0.323. The summed E-state index contributed by atoms with van der Waals surface area (Å²) in [4.78, 5) is 14.2. The summed E-state index contributed by atoms with van der Waals surface area (Å²) in [6, 6.07) is 6.17. The summed E-state index contributed by atoms with van der Waals surface area (Å²) in [7, 11) is 0. The molecule has 1 amide bonds. The van der Waals surface area contributed by atoms with Crippen molar-refractivity contribution in [1.82, 2.24) is 0 Å². The Hall–Kier alpha value is -1.42. The standard InChI is InChI=1S/C15H21FN2O/c16-13-7-4-8-14(11-13)18(10-9-17)15(19)12-5-2-1-3-6-12/h4,7-8,11-12H,1-3,5-6,9-10,17H2. The minimum Gasteiger partial charge on any atom is -0.329 e. The highest BCUT2D eigenvalue weighted by Crippen LogP contribution is 2.27. The second-order valence-corrected chi connectivity index (χ2v) is 5.09. The van der Waals surface area contributed by atoms with Gasteiger partial charge in [0.1, 0.15) is 5.82 Å². The predicted molar refractivity (Wildman–Crippen MR) is 74.4 cm³/mol. The maximum atomic E-state index is 13.3. The van der Waals surface area contributed by atoms with Gasteiger partial charge in [-0.15, -0.1) is 0 Å². The molecule has 0 bridgehead atoms. The average Bonchev–Trinajstić information content (AvgIpc) is 2.45. The molecule has 4 heteroatoms. The molecule has 19 heavy (non-hydrogen) atoms. The van der Waals surface area contributed by atoms with E-state index in [1.807, 2.05) is 0 Å². The zero-order chi connectivity index (χ0) is 13.7. The molecule has 1 fully saturated rings. The summed E-state index contributed by atoms with van der Waals surface area (Å²) in [6.45, 7) is 0.827. The molecule has 1 aromatic carbocycles. The molecule has 1 aliphatic carbocycles. The molecule has 1 aromatic rings. The van der Waals surface area contributed by atoms with Crippen molar-refractivity contribution in [3.63, 3.8) is 0 Å². The van der Waals surface area contributed by atoms with Crippen LogP contribution in [0.5, 0.6) is 0 Å². The molecule has 0 heterocycles. The predicted octanol–water partition coefficient (Wildman–Crippen LogP) is 2.70. The van der Waals surface area contributed by atoms with Crippen LogP contribution in [0.1, 0.15) is 32.1 Å². The van der Waals surface area contributed by atoms with Crippen LogP contribution in [0, 0.1) is 11.7 Å². The van der Waals surface area contributed by atoms with E-state index in [2.05, 4.69) is 0 Å². The quantitative estimate of drug-likeness (QED) is 0.908. The summed E-state index contributed by atoms with van der Waals surface area (Å²) >= 11 is 0. The molecule has 1 aliphatic rings. The molecule has 0 aromatic heterocycles. The molecule has 0 spiro atoms. The fraction of sp³-hybridized carbons (Fsp3) is 0.533. The molecular formula is C15H21FN2O. The Balaban J connectivity index is 2.16. The lowest BCUT2D eigenvalue weighted by molar-refractivity contribution is -0.123. The van der Waals surface area contributed by atoms with Crippen LogP contribution in [0.25, 0.3) is 0 Å². The lowest BCUT2D eigenvalue weighted by Crippen LogP contribution is -2.40. The summed E-state index contributed by atoms with van der Waals surface area (Å²) in [6.07, 6.45) is 5.30. The monoisotopic (exact) mass is 264 g/mol. The number of hydrogen-bond donors (Lipinski definition) is 1. The molecule has 1 saturated carbocycles. The van der Waals surface area contributed by atoms with Crippen LogP contribution in [-0.4, -0.2) is 19.0 Å². The fourth-order valence-electron chi connectivity index (χ4n) is 2.71. The number of amides is 1. The second kappa shape index (κ2) is 6.66. The number of carbonyl (C=O) groups excluding carboxylic acids is 1. The van der Waals surface area contributed by atoms with Crippen molar-refractivity contribution in [2.45, 2.75) is 32.1 Å². The molecule has 104 valence electrons. The van der Waals surface area contributed by atoms with E-state index in [0.717, 1.165) is 25.7 Å². The average molecular weight is 264 g/mol. The normalized spacial score (nSPS) is 16.3. The third-order valence-electron chi connectivity index (χ3n) is 3.69. The van der Waals surface area contributed by atoms with Gasteiger partial charge in [0.05, 0.1) is 0 Å². The molecule has 0 aliphatic heterocycles. The Labute approximate surface area is 113 Å². The van der Waals surface area contributed by atoms with Crippen molar-refractivity contribution >= 4 is 11.6 Å². The van der Waals surface area contributed by atoms with Crippen LogP contribution < -0.4 is 10.6 Å². The van der Waals surface area contributed by atoms with E-state index in [0.29, 0.717) is 18.8 Å². The van der Waals surface area contributed by atoms with Crippen molar-refractivity contribution in [3.8, 4) is 0 Å². The van der Waals surface area contributed by atoms with E-state index in [-0.39, 0.29) is 17.6 Å². The first-order chi connectivity index (χ1) is 9.22. The number of hydrogen-bond acceptors (Lipinski definition) is 2. The van der Waals surface area contributed by atoms with Crippen LogP contribution >= 0.6 is 0 Å². The number of anilines is 1. The summed E-state index contributed by atoms with van der Waals surface area (Å²) in [5, 5.41) is 0. The van der Waals surface area contributed by atoms with Crippen LogP contribution in [0.2, 0.25) is 0 Å². The molecule has 3 nitrogen and oxygen atoms in total. The first-order valence-corrected chi connectivity index (χ1v) is 6.99. The number of nitrogens with two attached hydrogens (primary N) is 1. The SMILES string of the molecule is NCCN(C(=O)C1CCCCC1)c1cccc(F)c1. The van der Waals surface area contributed by atoms with Gasteiger partial charge in [-0.1, -0.05) is 25.3 Å². The highest BCUT2D eigenvalue weighted by molar-refractivity contribution is 5.95. The second-order valence-electron chi connectivity index (χ2n) is 5.09. The Bertz CT molecular complexity index is 430. The molecule has 2 N–H and O–H groups in total. The van der Waals surface area contributed by atoms with E-state index in [9.17, 15) is 9.18 Å². The Morgan fingerprint density at radius 1 is 1.32 bits per heavy atom. The Kier molecular flexibility index (Phi) is 4.91. The molecule has 0 radical (unpaired) electrons. The van der Waals surface area contributed by atoms with Crippen molar-refractivity contribution in [1.29, 1.82) is 0 Å².